The number of methoxy groups -OCH3 is 1. The van der Waals surface area contributed by atoms with E-state index in [0.29, 0.717) is 18.6 Å². The molecule has 0 aliphatic carbocycles. The monoisotopic (exact) mass is 300 g/mol. The van der Waals surface area contributed by atoms with Crippen LogP contribution >= 0.6 is 0 Å². The predicted molar refractivity (Wildman–Crippen MR) is 84.3 cm³/mol. The molecule has 21 heavy (non-hydrogen) atoms. The molecule has 1 saturated heterocycles. The number of nitrogens with one attached hydrogen (secondary N) is 1. The van der Waals surface area contributed by atoms with Crippen molar-refractivity contribution in [1.29, 1.82) is 0 Å². The van der Waals surface area contributed by atoms with Crippen LogP contribution in [-0.2, 0) is 14.3 Å². The number of likely N-dealkylation sites (tertiary alicyclic amines) is 1. The van der Waals surface area contributed by atoms with E-state index >= 15 is 0 Å². The number of rotatable bonds is 8. The molecule has 1 N–H and O–H groups in total. The lowest BCUT2D eigenvalue weighted by Gasteiger charge is -2.39. The minimum Gasteiger partial charge on any atom is -0.465 e. The third kappa shape index (κ3) is 5.24. The van der Waals surface area contributed by atoms with Crippen LogP contribution in [-0.4, -0.2) is 62.9 Å². The van der Waals surface area contributed by atoms with Crippen molar-refractivity contribution >= 4 is 5.97 Å². The Morgan fingerprint density at radius 2 is 2.05 bits per heavy atom. The predicted octanol–water partition coefficient (Wildman–Crippen LogP) is 1.66. The standard InChI is InChI=1S/C16H32N2O3/c1-6-21-15(19)16(3,17-4)11-13(2)18-9-7-14(8-10-18)12-20-5/h13-14,17H,6-12H2,1-5H3. The second-order valence-corrected chi connectivity index (χ2v) is 6.29. The van der Waals surface area contributed by atoms with Crippen LogP contribution < -0.4 is 5.32 Å². The number of carbonyl (C=O) groups is 1. The van der Waals surface area contributed by atoms with E-state index in [0.717, 1.165) is 26.1 Å². The third-order valence-corrected chi connectivity index (χ3v) is 4.66. The zero-order valence-corrected chi connectivity index (χ0v) is 14.3. The first-order valence-electron chi connectivity index (χ1n) is 8.06. The molecule has 124 valence electrons. The molecule has 5 nitrogen and oxygen atoms in total. The van der Waals surface area contributed by atoms with Gasteiger partial charge < -0.3 is 19.7 Å². The van der Waals surface area contributed by atoms with E-state index in [1.54, 1.807) is 7.11 Å². The number of ether oxygens (including phenoxy) is 2. The van der Waals surface area contributed by atoms with Gasteiger partial charge in [0.25, 0.3) is 0 Å². The normalized spacial score (nSPS) is 21.8. The molecule has 1 aliphatic heterocycles. The van der Waals surface area contributed by atoms with Gasteiger partial charge in [-0.05, 0) is 66.1 Å². The average Bonchev–Trinajstić information content (AvgIpc) is 2.48. The van der Waals surface area contributed by atoms with Gasteiger partial charge in [-0.1, -0.05) is 0 Å². The van der Waals surface area contributed by atoms with Crippen molar-refractivity contribution < 1.29 is 14.3 Å². The SMILES string of the molecule is CCOC(=O)C(C)(CC(C)N1CCC(COC)CC1)NC. The largest absolute Gasteiger partial charge is 0.465 e. The molecule has 1 fully saturated rings. The van der Waals surface area contributed by atoms with E-state index in [2.05, 4.69) is 17.1 Å². The van der Waals surface area contributed by atoms with Crippen LogP contribution in [0.1, 0.15) is 40.0 Å². The van der Waals surface area contributed by atoms with Gasteiger partial charge in [-0.25, -0.2) is 0 Å². The second-order valence-electron chi connectivity index (χ2n) is 6.29. The first-order valence-corrected chi connectivity index (χ1v) is 8.06. The highest BCUT2D eigenvalue weighted by Gasteiger charge is 2.36. The Balaban J connectivity index is 2.51. The van der Waals surface area contributed by atoms with Gasteiger partial charge in [0.05, 0.1) is 6.61 Å². The minimum atomic E-state index is -0.612. The van der Waals surface area contributed by atoms with Crippen LogP contribution in [0.2, 0.25) is 0 Å². The Hall–Kier alpha value is -0.650. The fourth-order valence-electron chi connectivity index (χ4n) is 3.09. The van der Waals surface area contributed by atoms with Crippen molar-refractivity contribution in [2.45, 2.75) is 51.6 Å². The minimum absolute atomic E-state index is 0.159. The van der Waals surface area contributed by atoms with Gasteiger partial charge in [0.15, 0.2) is 0 Å². The molecule has 0 radical (unpaired) electrons. The zero-order valence-electron chi connectivity index (χ0n) is 14.3. The van der Waals surface area contributed by atoms with Crippen LogP contribution in [0.4, 0.5) is 0 Å². The van der Waals surface area contributed by atoms with Crippen LogP contribution in [0.25, 0.3) is 0 Å². The lowest BCUT2D eigenvalue weighted by molar-refractivity contribution is -0.151. The smallest absolute Gasteiger partial charge is 0.326 e. The van der Waals surface area contributed by atoms with Gasteiger partial charge >= 0.3 is 5.97 Å². The van der Waals surface area contributed by atoms with Gasteiger partial charge in [-0.15, -0.1) is 0 Å². The molecular weight excluding hydrogens is 268 g/mol. The summed E-state index contributed by atoms with van der Waals surface area (Å²) in [7, 11) is 3.60. The number of esters is 1. The highest BCUT2D eigenvalue weighted by Crippen LogP contribution is 2.23. The van der Waals surface area contributed by atoms with Crippen LogP contribution in [0.3, 0.4) is 0 Å². The topological polar surface area (TPSA) is 50.8 Å². The molecule has 2 unspecified atom stereocenters. The molecule has 0 bridgehead atoms. The molecule has 1 rings (SSSR count). The molecule has 0 amide bonds. The van der Waals surface area contributed by atoms with E-state index < -0.39 is 5.54 Å². The third-order valence-electron chi connectivity index (χ3n) is 4.66. The molecule has 1 aliphatic rings. The number of hydrogen-bond donors (Lipinski definition) is 1. The maximum absolute atomic E-state index is 12.1. The van der Waals surface area contributed by atoms with E-state index in [1.165, 1.54) is 12.8 Å². The number of likely N-dealkylation sites (N-methyl/N-ethyl adjacent to an activating group) is 1. The Labute approximate surface area is 129 Å². The van der Waals surface area contributed by atoms with Crippen molar-refractivity contribution in [2.75, 3.05) is 40.5 Å². The van der Waals surface area contributed by atoms with Crippen molar-refractivity contribution in [3.63, 3.8) is 0 Å². The lowest BCUT2D eigenvalue weighted by Crippen LogP contribution is -2.53. The van der Waals surface area contributed by atoms with Gasteiger partial charge in [-0.3, -0.25) is 4.79 Å². The van der Waals surface area contributed by atoms with Crippen LogP contribution in [0, 0.1) is 5.92 Å². The van der Waals surface area contributed by atoms with Crippen LogP contribution in [0.5, 0.6) is 0 Å². The van der Waals surface area contributed by atoms with Crippen molar-refractivity contribution in [2.24, 2.45) is 5.92 Å². The summed E-state index contributed by atoms with van der Waals surface area (Å²) in [5.41, 5.74) is -0.612. The lowest BCUT2D eigenvalue weighted by atomic mass is 9.90. The quantitative estimate of drug-likeness (QED) is 0.691. The summed E-state index contributed by atoms with van der Waals surface area (Å²) in [6.45, 7) is 9.42. The first-order chi connectivity index (χ1) is 9.96. The number of piperidine rings is 1. The van der Waals surface area contributed by atoms with E-state index in [-0.39, 0.29) is 5.97 Å². The first kappa shape index (κ1) is 18.4. The summed E-state index contributed by atoms with van der Waals surface area (Å²) >= 11 is 0. The molecule has 5 heteroatoms. The summed E-state index contributed by atoms with van der Waals surface area (Å²) in [5.74, 6) is 0.521. The molecule has 0 aromatic carbocycles. The Bertz CT molecular complexity index is 317. The average molecular weight is 300 g/mol. The van der Waals surface area contributed by atoms with Gasteiger partial charge in [0.1, 0.15) is 5.54 Å². The number of carbonyl (C=O) groups excluding carboxylic acids is 1. The van der Waals surface area contributed by atoms with Crippen molar-refractivity contribution in [1.82, 2.24) is 10.2 Å². The summed E-state index contributed by atoms with van der Waals surface area (Å²) in [6.07, 6.45) is 3.11. The second kappa shape index (κ2) is 8.71. The Morgan fingerprint density at radius 1 is 1.43 bits per heavy atom. The van der Waals surface area contributed by atoms with E-state index in [1.807, 2.05) is 20.9 Å². The van der Waals surface area contributed by atoms with Crippen LogP contribution in [0.15, 0.2) is 0 Å². The molecule has 1 heterocycles. The van der Waals surface area contributed by atoms with Gasteiger partial charge in [-0.2, -0.15) is 0 Å². The van der Waals surface area contributed by atoms with Crippen molar-refractivity contribution in [3.8, 4) is 0 Å². The molecule has 0 aromatic rings. The summed E-state index contributed by atoms with van der Waals surface area (Å²) in [4.78, 5) is 14.6. The fourth-order valence-corrected chi connectivity index (χ4v) is 3.09. The zero-order chi connectivity index (χ0) is 15.9. The van der Waals surface area contributed by atoms with E-state index in [4.69, 9.17) is 9.47 Å². The number of hydrogen-bond acceptors (Lipinski definition) is 5. The maximum Gasteiger partial charge on any atom is 0.326 e. The molecular formula is C16H32N2O3. The van der Waals surface area contributed by atoms with E-state index in [9.17, 15) is 4.79 Å². The summed E-state index contributed by atoms with van der Waals surface area (Å²) in [6, 6.07) is 0.357. The molecule has 2 atom stereocenters. The summed E-state index contributed by atoms with van der Waals surface area (Å²) < 4.78 is 10.4. The summed E-state index contributed by atoms with van der Waals surface area (Å²) in [5, 5.41) is 3.14. The van der Waals surface area contributed by atoms with Gasteiger partial charge in [0.2, 0.25) is 0 Å². The Kier molecular flexibility index (Phi) is 7.63. The molecule has 0 saturated carbocycles. The Morgan fingerprint density at radius 3 is 2.52 bits per heavy atom. The highest BCUT2D eigenvalue weighted by atomic mass is 16.5. The molecule has 0 spiro atoms. The maximum atomic E-state index is 12.1. The number of nitrogens with zero attached hydrogens (tertiary/aromatic N) is 1. The fraction of sp³-hybridized carbons (Fsp3) is 0.938. The van der Waals surface area contributed by atoms with Crippen molar-refractivity contribution in [3.05, 3.63) is 0 Å². The van der Waals surface area contributed by atoms with Gasteiger partial charge in [0, 0.05) is 19.8 Å². The highest BCUT2D eigenvalue weighted by molar-refractivity contribution is 5.80. The molecule has 0 aromatic heterocycles.